The van der Waals surface area contributed by atoms with Gasteiger partial charge in [0.05, 0.1) is 24.4 Å². The summed E-state index contributed by atoms with van der Waals surface area (Å²) in [5.41, 5.74) is 8.27. The maximum atomic E-state index is 12.1. The van der Waals surface area contributed by atoms with Crippen molar-refractivity contribution < 1.29 is 4.79 Å². The molecule has 0 radical (unpaired) electrons. The van der Waals surface area contributed by atoms with Crippen LogP contribution in [0.3, 0.4) is 0 Å². The van der Waals surface area contributed by atoms with E-state index in [9.17, 15) is 4.79 Å². The average Bonchev–Trinajstić information content (AvgIpc) is 3.05. The van der Waals surface area contributed by atoms with Crippen molar-refractivity contribution in [3.8, 4) is 6.07 Å². The van der Waals surface area contributed by atoms with Crippen molar-refractivity contribution in [3.05, 3.63) is 53.6 Å². The lowest BCUT2D eigenvalue weighted by molar-refractivity contribution is -0.121. The predicted octanol–water partition coefficient (Wildman–Crippen LogP) is 2.40. The first-order valence-corrected chi connectivity index (χ1v) is 8.62. The number of imidazole rings is 1. The number of hydrazine groups is 1. The Kier molecular flexibility index (Phi) is 7.17. The molecule has 0 bridgehead atoms. The lowest BCUT2D eigenvalue weighted by atomic mass is 10.1. The normalized spacial score (nSPS) is 11.7. The Morgan fingerprint density at radius 3 is 2.80 bits per heavy atom. The molecule has 6 nitrogen and oxygen atoms in total. The van der Waals surface area contributed by atoms with Gasteiger partial charge in [0, 0.05) is 25.0 Å². The van der Waals surface area contributed by atoms with Crippen LogP contribution >= 0.6 is 0 Å². The Hall–Kier alpha value is -2.65. The molecule has 2 aromatic rings. The van der Waals surface area contributed by atoms with Gasteiger partial charge in [-0.25, -0.2) is 10.4 Å². The number of nitriles is 1. The van der Waals surface area contributed by atoms with Crippen LogP contribution in [0.1, 0.15) is 43.5 Å². The summed E-state index contributed by atoms with van der Waals surface area (Å²) in [4.78, 5) is 16.2. The van der Waals surface area contributed by atoms with E-state index >= 15 is 0 Å². The maximum absolute atomic E-state index is 12.1. The summed E-state index contributed by atoms with van der Waals surface area (Å²) in [6.45, 7) is 5.75. The Morgan fingerprint density at radius 2 is 2.12 bits per heavy atom. The molecule has 0 saturated carbocycles. The number of amides is 1. The number of hydrogen-bond acceptors (Lipinski definition) is 4. The fourth-order valence-corrected chi connectivity index (χ4v) is 2.41. The molecule has 25 heavy (non-hydrogen) atoms. The maximum Gasteiger partial charge on any atom is 0.240 e. The Morgan fingerprint density at radius 1 is 1.36 bits per heavy atom. The summed E-state index contributed by atoms with van der Waals surface area (Å²) < 4.78 is 1.94. The largest absolute Gasteiger partial charge is 0.330 e. The Labute approximate surface area is 148 Å². The molecule has 0 aliphatic heterocycles. The zero-order valence-corrected chi connectivity index (χ0v) is 14.8. The highest BCUT2D eigenvalue weighted by atomic mass is 16.2. The van der Waals surface area contributed by atoms with Gasteiger partial charge in [0.2, 0.25) is 5.91 Å². The molecule has 1 heterocycles. The van der Waals surface area contributed by atoms with Crippen LogP contribution in [0.4, 0.5) is 0 Å². The SMILES string of the molecule is CCC(C)CCNNC(=O)Cc1cncn1Cc1ccc(C#N)cc1. The Balaban J connectivity index is 1.84. The predicted molar refractivity (Wildman–Crippen MR) is 96.4 cm³/mol. The number of aromatic nitrogens is 2. The average molecular weight is 339 g/mol. The van der Waals surface area contributed by atoms with E-state index in [0.717, 1.165) is 30.6 Å². The van der Waals surface area contributed by atoms with Crippen molar-refractivity contribution in [2.75, 3.05) is 6.54 Å². The molecule has 1 atom stereocenters. The van der Waals surface area contributed by atoms with Gasteiger partial charge in [0.15, 0.2) is 0 Å². The van der Waals surface area contributed by atoms with Crippen LogP contribution in [0.15, 0.2) is 36.8 Å². The number of carbonyl (C=O) groups excluding carboxylic acids is 1. The zero-order valence-electron chi connectivity index (χ0n) is 14.8. The molecular weight excluding hydrogens is 314 g/mol. The van der Waals surface area contributed by atoms with Gasteiger partial charge in [-0.3, -0.25) is 10.2 Å². The molecule has 1 unspecified atom stereocenters. The van der Waals surface area contributed by atoms with E-state index in [1.54, 1.807) is 24.7 Å². The first-order valence-electron chi connectivity index (χ1n) is 8.62. The third-order valence-electron chi connectivity index (χ3n) is 4.26. The van der Waals surface area contributed by atoms with Crippen molar-refractivity contribution in [1.82, 2.24) is 20.4 Å². The molecule has 1 aromatic heterocycles. The minimum absolute atomic E-state index is 0.0780. The highest BCUT2D eigenvalue weighted by Gasteiger charge is 2.09. The van der Waals surface area contributed by atoms with E-state index < -0.39 is 0 Å². The van der Waals surface area contributed by atoms with Gasteiger partial charge in [-0.15, -0.1) is 0 Å². The highest BCUT2D eigenvalue weighted by Crippen LogP contribution is 2.09. The molecule has 0 fully saturated rings. The summed E-state index contributed by atoms with van der Waals surface area (Å²) in [7, 11) is 0. The van der Waals surface area contributed by atoms with Crippen molar-refractivity contribution in [3.63, 3.8) is 0 Å². The molecule has 1 aromatic carbocycles. The van der Waals surface area contributed by atoms with Gasteiger partial charge >= 0.3 is 0 Å². The fraction of sp³-hybridized carbons (Fsp3) is 0.421. The number of carbonyl (C=O) groups is 1. The minimum atomic E-state index is -0.0780. The first-order chi connectivity index (χ1) is 12.1. The van der Waals surface area contributed by atoms with Gasteiger partial charge in [0.25, 0.3) is 0 Å². The standard InChI is InChI=1S/C19H25N5O/c1-3-15(2)8-9-22-23-19(25)10-18-12-21-14-24(18)13-17-6-4-16(11-20)5-7-17/h4-7,12,14-15,22H,3,8-10,13H2,1-2H3,(H,23,25). The molecule has 0 aliphatic carbocycles. The molecule has 0 saturated heterocycles. The minimum Gasteiger partial charge on any atom is -0.330 e. The zero-order chi connectivity index (χ0) is 18.1. The summed E-state index contributed by atoms with van der Waals surface area (Å²) >= 11 is 0. The number of rotatable bonds is 9. The topological polar surface area (TPSA) is 82.7 Å². The van der Waals surface area contributed by atoms with Crippen LogP contribution in [0.2, 0.25) is 0 Å². The van der Waals surface area contributed by atoms with Gasteiger partial charge in [-0.2, -0.15) is 5.26 Å². The second-order valence-electron chi connectivity index (χ2n) is 6.28. The van der Waals surface area contributed by atoms with Gasteiger partial charge in [0.1, 0.15) is 0 Å². The number of hydrogen-bond donors (Lipinski definition) is 2. The monoisotopic (exact) mass is 339 g/mol. The quantitative estimate of drug-likeness (QED) is 0.543. The summed E-state index contributed by atoms with van der Waals surface area (Å²) in [5.74, 6) is 0.573. The lowest BCUT2D eigenvalue weighted by Gasteiger charge is -2.11. The van der Waals surface area contributed by atoms with Gasteiger partial charge in [-0.05, 0) is 30.0 Å². The molecule has 2 N–H and O–H groups in total. The number of nitrogens with one attached hydrogen (secondary N) is 2. The summed E-state index contributed by atoms with van der Waals surface area (Å²) in [6, 6.07) is 9.52. The van der Waals surface area contributed by atoms with Crippen LogP contribution in [0.25, 0.3) is 0 Å². The molecule has 6 heteroatoms. The van der Waals surface area contributed by atoms with E-state index in [2.05, 4.69) is 35.8 Å². The lowest BCUT2D eigenvalue weighted by Crippen LogP contribution is -2.39. The highest BCUT2D eigenvalue weighted by molar-refractivity contribution is 5.77. The number of benzene rings is 1. The van der Waals surface area contributed by atoms with E-state index in [0.29, 0.717) is 18.0 Å². The Bertz CT molecular complexity index is 714. The molecule has 132 valence electrons. The van der Waals surface area contributed by atoms with E-state index in [1.165, 1.54) is 0 Å². The van der Waals surface area contributed by atoms with Gasteiger partial charge < -0.3 is 4.57 Å². The van der Waals surface area contributed by atoms with Crippen LogP contribution in [-0.2, 0) is 17.8 Å². The van der Waals surface area contributed by atoms with Crippen molar-refractivity contribution in [2.24, 2.45) is 5.92 Å². The second-order valence-corrected chi connectivity index (χ2v) is 6.28. The molecular formula is C19H25N5O. The summed E-state index contributed by atoms with van der Waals surface area (Å²) in [5, 5.41) is 8.85. The van der Waals surface area contributed by atoms with Gasteiger partial charge in [-0.1, -0.05) is 32.4 Å². The molecule has 0 spiro atoms. The molecule has 2 rings (SSSR count). The van der Waals surface area contributed by atoms with Crippen LogP contribution < -0.4 is 10.9 Å². The number of nitrogens with zero attached hydrogens (tertiary/aromatic N) is 3. The van der Waals surface area contributed by atoms with Crippen molar-refractivity contribution >= 4 is 5.91 Å². The van der Waals surface area contributed by atoms with Crippen molar-refractivity contribution in [2.45, 2.75) is 39.7 Å². The van der Waals surface area contributed by atoms with E-state index in [1.807, 2.05) is 16.7 Å². The fourth-order valence-electron chi connectivity index (χ4n) is 2.41. The third-order valence-corrected chi connectivity index (χ3v) is 4.26. The third kappa shape index (κ3) is 6.05. The molecule has 0 aliphatic rings. The van der Waals surface area contributed by atoms with Crippen molar-refractivity contribution in [1.29, 1.82) is 5.26 Å². The molecule has 1 amide bonds. The van der Waals surface area contributed by atoms with Crippen LogP contribution in [0, 0.1) is 17.2 Å². The second kappa shape index (κ2) is 9.60. The van der Waals surface area contributed by atoms with E-state index in [4.69, 9.17) is 5.26 Å². The first kappa shape index (κ1) is 18.7. The smallest absolute Gasteiger partial charge is 0.240 e. The van der Waals surface area contributed by atoms with E-state index in [-0.39, 0.29) is 12.3 Å². The summed E-state index contributed by atoms with van der Waals surface area (Å²) in [6.07, 6.45) is 5.88. The van der Waals surface area contributed by atoms with Crippen LogP contribution in [0.5, 0.6) is 0 Å². The van der Waals surface area contributed by atoms with Crippen LogP contribution in [-0.4, -0.2) is 22.0 Å².